The molecule has 90 valence electrons. The Morgan fingerprint density at radius 1 is 1.06 bits per heavy atom. The number of nitrogens with one attached hydrogen (secondary N) is 1. The van der Waals surface area contributed by atoms with Crippen molar-refractivity contribution in [1.29, 1.82) is 0 Å². The molecular weight excluding hydrogens is 226 g/mol. The second kappa shape index (κ2) is 5.99. The zero-order valence-electron chi connectivity index (χ0n) is 10.4. The Hall–Kier alpha value is -1.12. The standard InChI is InChI=1S/C15H19NS/c1-12(2)11-16-15(14-9-6-10-17-14)13-7-4-3-5-8-13/h3-10,12,15-16H,11H2,1-2H3. The van der Waals surface area contributed by atoms with Crippen LogP contribution in [0, 0.1) is 5.92 Å². The van der Waals surface area contributed by atoms with E-state index in [0.29, 0.717) is 12.0 Å². The molecule has 0 aliphatic rings. The molecule has 0 radical (unpaired) electrons. The van der Waals surface area contributed by atoms with Crippen LogP contribution in [0.5, 0.6) is 0 Å². The first-order valence-corrected chi connectivity index (χ1v) is 6.97. The largest absolute Gasteiger partial charge is 0.305 e. The van der Waals surface area contributed by atoms with Crippen LogP contribution >= 0.6 is 11.3 Å². The van der Waals surface area contributed by atoms with Gasteiger partial charge in [-0.3, -0.25) is 0 Å². The summed E-state index contributed by atoms with van der Waals surface area (Å²) >= 11 is 1.82. The lowest BCUT2D eigenvalue weighted by Crippen LogP contribution is -2.25. The summed E-state index contributed by atoms with van der Waals surface area (Å²) in [5.41, 5.74) is 1.34. The lowest BCUT2D eigenvalue weighted by molar-refractivity contribution is 0.517. The highest BCUT2D eigenvalue weighted by atomic mass is 32.1. The second-order valence-electron chi connectivity index (χ2n) is 4.66. The molecular formula is C15H19NS. The third-order valence-corrected chi connectivity index (χ3v) is 3.63. The molecule has 1 nitrogen and oxygen atoms in total. The van der Waals surface area contributed by atoms with Crippen LogP contribution in [0.15, 0.2) is 47.8 Å². The minimum atomic E-state index is 0.332. The molecule has 2 rings (SSSR count). The molecule has 0 fully saturated rings. The lowest BCUT2D eigenvalue weighted by Gasteiger charge is -2.19. The molecule has 1 aromatic carbocycles. The average Bonchev–Trinajstić information content (AvgIpc) is 2.84. The molecule has 1 aromatic heterocycles. The number of thiophene rings is 1. The van der Waals surface area contributed by atoms with Gasteiger partial charge in [-0.25, -0.2) is 0 Å². The van der Waals surface area contributed by atoms with E-state index >= 15 is 0 Å². The molecule has 0 amide bonds. The van der Waals surface area contributed by atoms with E-state index in [1.165, 1.54) is 10.4 Å². The molecule has 0 aliphatic carbocycles. The second-order valence-corrected chi connectivity index (χ2v) is 5.64. The zero-order valence-corrected chi connectivity index (χ0v) is 11.2. The Kier molecular flexibility index (Phi) is 4.35. The van der Waals surface area contributed by atoms with Crippen molar-refractivity contribution in [2.75, 3.05) is 6.54 Å². The maximum Gasteiger partial charge on any atom is 0.0671 e. The summed E-state index contributed by atoms with van der Waals surface area (Å²) < 4.78 is 0. The van der Waals surface area contributed by atoms with Crippen LogP contribution in [-0.4, -0.2) is 6.54 Å². The predicted octanol–water partition coefficient (Wildman–Crippen LogP) is 4.08. The average molecular weight is 245 g/mol. The Bertz CT molecular complexity index is 419. The van der Waals surface area contributed by atoms with Crippen molar-refractivity contribution in [3.8, 4) is 0 Å². The SMILES string of the molecule is CC(C)CNC(c1ccccc1)c1cccs1. The van der Waals surface area contributed by atoms with E-state index in [1.807, 2.05) is 11.3 Å². The third kappa shape index (κ3) is 3.42. The first-order chi connectivity index (χ1) is 8.27. The molecule has 1 N–H and O–H groups in total. The van der Waals surface area contributed by atoms with Crippen LogP contribution in [-0.2, 0) is 0 Å². The van der Waals surface area contributed by atoms with Crippen LogP contribution in [0.1, 0.15) is 30.3 Å². The highest BCUT2D eigenvalue weighted by molar-refractivity contribution is 7.10. The van der Waals surface area contributed by atoms with Crippen molar-refractivity contribution in [2.24, 2.45) is 5.92 Å². The van der Waals surface area contributed by atoms with E-state index < -0.39 is 0 Å². The van der Waals surface area contributed by atoms with Crippen LogP contribution in [0.3, 0.4) is 0 Å². The van der Waals surface area contributed by atoms with Gasteiger partial charge in [-0.2, -0.15) is 0 Å². The Labute approximate surface area is 108 Å². The minimum Gasteiger partial charge on any atom is -0.305 e. The normalized spacial score (nSPS) is 12.9. The van der Waals surface area contributed by atoms with E-state index in [-0.39, 0.29) is 0 Å². The van der Waals surface area contributed by atoms with E-state index in [2.05, 4.69) is 67.0 Å². The molecule has 0 saturated carbocycles. The van der Waals surface area contributed by atoms with Crippen LogP contribution in [0.4, 0.5) is 0 Å². The summed E-state index contributed by atoms with van der Waals surface area (Å²) in [5, 5.41) is 5.79. The number of rotatable bonds is 5. The number of hydrogen-bond donors (Lipinski definition) is 1. The fourth-order valence-electron chi connectivity index (χ4n) is 1.84. The third-order valence-electron chi connectivity index (χ3n) is 2.69. The van der Waals surface area contributed by atoms with Crippen molar-refractivity contribution in [1.82, 2.24) is 5.32 Å². The lowest BCUT2D eigenvalue weighted by atomic mass is 10.0. The van der Waals surface area contributed by atoms with Gasteiger partial charge in [0.2, 0.25) is 0 Å². The molecule has 1 unspecified atom stereocenters. The minimum absolute atomic E-state index is 0.332. The summed E-state index contributed by atoms with van der Waals surface area (Å²) in [4.78, 5) is 1.39. The van der Waals surface area contributed by atoms with E-state index in [9.17, 15) is 0 Å². The number of benzene rings is 1. The highest BCUT2D eigenvalue weighted by Gasteiger charge is 2.14. The molecule has 0 bridgehead atoms. The molecule has 2 heteroatoms. The summed E-state index contributed by atoms with van der Waals surface area (Å²) in [5.74, 6) is 0.668. The van der Waals surface area contributed by atoms with Gasteiger partial charge in [-0.15, -0.1) is 11.3 Å². The summed E-state index contributed by atoms with van der Waals surface area (Å²) in [6.45, 7) is 5.52. The van der Waals surface area contributed by atoms with E-state index in [4.69, 9.17) is 0 Å². The van der Waals surface area contributed by atoms with Gasteiger partial charge < -0.3 is 5.32 Å². The maximum absolute atomic E-state index is 3.65. The number of hydrogen-bond acceptors (Lipinski definition) is 2. The van der Waals surface area contributed by atoms with Crippen LogP contribution in [0.2, 0.25) is 0 Å². The van der Waals surface area contributed by atoms with Gasteiger partial charge in [-0.1, -0.05) is 50.2 Å². The monoisotopic (exact) mass is 245 g/mol. The fraction of sp³-hybridized carbons (Fsp3) is 0.333. The summed E-state index contributed by atoms with van der Waals surface area (Å²) in [7, 11) is 0. The van der Waals surface area contributed by atoms with Crippen LogP contribution in [0.25, 0.3) is 0 Å². The van der Waals surface area contributed by atoms with Gasteiger partial charge in [0.25, 0.3) is 0 Å². The van der Waals surface area contributed by atoms with Crippen molar-refractivity contribution in [3.63, 3.8) is 0 Å². The molecule has 0 aliphatic heterocycles. The Balaban J connectivity index is 2.19. The topological polar surface area (TPSA) is 12.0 Å². The smallest absolute Gasteiger partial charge is 0.0671 e. The molecule has 0 saturated heterocycles. The molecule has 2 aromatic rings. The summed E-state index contributed by atoms with van der Waals surface area (Å²) in [6.07, 6.45) is 0. The first kappa shape index (κ1) is 12.3. The quantitative estimate of drug-likeness (QED) is 0.837. The fourth-order valence-corrected chi connectivity index (χ4v) is 2.66. The van der Waals surface area contributed by atoms with Gasteiger partial charge in [-0.05, 0) is 29.5 Å². The Morgan fingerprint density at radius 2 is 1.82 bits per heavy atom. The van der Waals surface area contributed by atoms with Crippen LogP contribution < -0.4 is 5.32 Å². The predicted molar refractivity (Wildman–Crippen MR) is 75.4 cm³/mol. The van der Waals surface area contributed by atoms with Gasteiger partial charge in [0.15, 0.2) is 0 Å². The molecule has 17 heavy (non-hydrogen) atoms. The first-order valence-electron chi connectivity index (χ1n) is 6.09. The van der Waals surface area contributed by atoms with Gasteiger partial charge in [0.1, 0.15) is 0 Å². The molecule has 0 spiro atoms. The van der Waals surface area contributed by atoms with Crippen molar-refractivity contribution in [2.45, 2.75) is 19.9 Å². The van der Waals surface area contributed by atoms with Gasteiger partial charge >= 0.3 is 0 Å². The van der Waals surface area contributed by atoms with E-state index in [1.54, 1.807) is 0 Å². The maximum atomic E-state index is 3.65. The van der Waals surface area contributed by atoms with Crippen molar-refractivity contribution >= 4 is 11.3 Å². The highest BCUT2D eigenvalue weighted by Crippen LogP contribution is 2.25. The van der Waals surface area contributed by atoms with Crippen molar-refractivity contribution < 1.29 is 0 Å². The van der Waals surface area contributed by atoms with Gasteiger partial charge in [0.05, 0.1) is 6.04 Å². The Morgan fingerprint density at radius 3 is 2.41 bits per heavy atom. The van der Waals surface area contributed by atoms with Crippen molar-refractivity contribution in [3.05, 3.63) is 58.3 Å². The van der Waals surface area contributed by atoms with E-state index in [0.717, 1.165) is 6.54 Å². The zero-order chi connectivity index (χ0) is 12.1. The summed E-state index contributed by atoms with van der Waals surface area (Å²) in [6, 6.07) is 15.3. The van der Waals surface area contributed by atoms with Gasteiger partial charge in [0, 0.05) is 4.88 Å². The molecule has 1 heterocycles. The molecule has 1 atom stereocenters.